The summed E-state index contributed by atoms with van der Waals surface area (Å²) >= 11 is 0. The molecule has 1 aromatic carbocycles. The molecule has 0 spiro atoms. The van der Waals surface area contributed by atoms with Crippen LogP contribution in [0.5, 0.6) is 0 Å². The Labute approximate surface area is 176 Å². The molecule has 2 heterocycles. The van der Waals surface area contributed by atoms with Crippen molar-refractivity contribution in [3.63, 3.8) is 0 Å². The number of rotatable bonds is 5. The van der Waals surface area contributed by atoms with Crippen LogP contribution in [0, 0.1) is 6.92 Å². The first-order valence-corrected chi connectivity index (χ1v) is 10.4. The van der Waals surface area contributed by atoms with Gasteiger partial charge in [-0.05, 0) is 43.5 Å². The van der Waals surface area contributed by atoms with Gasteiger partial charge >= 0.3 is 0 Å². The van der Waals surface area contributed by atoms with Crippen LogP contribution in [0.2, 0.25) is 0 Å². The fourth-order valence-corrected chi connectivity index (χ4v) is 3.84. The third kappa shape index (κ3) is 4.56. The highest BCUT2D eigenvalue weighted by molar-refractivity contribution is 6.00. The summed E-state index contributed by atoms with van der Waals surface area (Å²) < 4.78 is 0. The van der Waals surface area contributed by atoms with Crippen molar-refractivity contribution < 1.29 is 9.59 Å². The van der Waals surface area contributed by atoms with Gasteiger partial charge in [-0.1, -0.05) is 0 Å². The zero-order valence-electron chi connectivity index (χ0n) is 17.4. The van der Waals surface area contributed by atoms with E-state index in [1.165, 1.54) is 11.9 Å². The molecule has 9 heteroatoms. The molecule has 1 unspecified atom stereocenters. The lowest BCUT2D eigenvalue weighted by Crippen LogP contribution is -2.53. The van der Waals surface area contributed by atoms with E-state index in [2.05, 4.69) is 44.9 Å². The Kier molecular flexibility index (Phi) is 5.63. The number of hydrogen-bond donors (Lipinski definition) is 4. The Morgan fingerprint density at radius 3 is 2.53 bits per heavy atom. The number of guanidine groups is 1. The Morgan fingerprint density at radius 2 is 1.93 bits per heavy atom. The van der Waals surface area contributed by atoms with Crippen LogP contribution in [0.3, 0.4) is 0 Å². The van der Waals surface area contributed by atoms with Gasteiger partial charge in [0.25, 0.3) is 0 Å². The summed E-state index contributed by atoms with van der Waals surface area (Å²) in [6, 6.07) is 6.60. The number of anilines is 2. The van der Waals surface area contributed by atoms with E-state index in [0.29, 0.717) is 17.6 Å². The van der Waals surface area contributed by atoms with Crippen molar-refractivity contribution in [3.8, 4) is 0 Å². The van der Waals surface area contributed by atoms with Gasteiger partial charge in [0.1, 0.15) is 6.17 Å². The summed E-state index contributed by atoms with van der Waals surface area (Å²) in [5.41, 5.74) is 9.14. The lowest BCUT2D eigenvalue weighted by Gasteiger charge is -2.36. The molecule has 30 heavy (non-hydrogen) atoms. The number of nitrogens with two attached hydrogens (primary N) is 1. The topological polar surface area (TPSA) is 115 Å². The number of aryl methyl sites for hydroxylation is 1. The van der Waals surface area contributed by atoms with Gasteiger partial charge in [-0.25, -0.2) is 4.99 Å². The maximum absolute atomic E-state index is 11.7. The SMILES string of the molecule is CC(=O)N1CCN(c2ccc(NC3=NC=C(C(N)=O)C(NC4CC4)N3)cc2C)CC1. The van der Waals surface area contributed by atoms with E-state index in [4.69, 9.17) is 5.73 Å². The van der Waals surface area contributed by atoms with Crippen molar-refractivity contribution in [2.24, 2.45) is 10.7 Å². The molecule has 1 saturated carbocycles. The molecule has 3 aliphatic rings. The van der Waals surface area contributed by atoms with Gasteiger partial charge in [0.15, 0.2) is 0 Å². The van der Waals surface area contributed by atoms with Crippen molar-refractivity contribution >= 4 is 29.1 Å². The van der Waals surface area contributed by atoms with Crippen LogP contribution in [-0.4, -0.2) is 61.1 Å². The highest BCUT2D eigenvalue weighted by Gasteiger charge is 2.30. The van der Waals surface area contributed by atoms with Crippen LogP contribution in [0.4, 0.5) is 11.4 Å². The van der Waals surface area contributed by atoms with E-state index in [1.807, 2.05) is 11.0 Å². The van der Waals surface area contributed by atoms with Gasteiger partial charge in [-0.3, -0.25) is 14.9 Å². The summed E-state index contributed by atoms with van der Waals surface area (Å²) in [6.07, 6.45) is 3.39. The molecule has 1 saturated heterocycles. The summed E-state index contributed by atoms with van der Waals surface area (Å²) in [5.74, 6) is 0.226. The van der Waals surface area contributed by atoms with Crippen LogP contribution in [0.1, 0.15) is 25.3 Å². The molecule has 2 amide bonds. The fourth-order valence-electron chi connectivity index (χ4n) is 3.84. The number of nitrogens with one attached hydrogen (secondary N) is 3. The van der Waals surface area contributed by atoms with Gasteiger partial charge in [0.2, 0.25) is 17.8 Å². The standard InChI is InChI=1S/C21H29N7O2/c1-13-11-16(5-6-18(13)28-9-7-27(8-10-28)14(2)29)25-21-23-12-17(19(22)30)20(26-21)24-15-3-4-15/h5-6,11-12,15,20,24H,3-4,7-10H2,1-2H3,(H2,22,30)(H2,23,25,26). The highest BCUT2D eigenvalue weighted by Crippen LogP contribution is 2.25. The number of hydrogen-bond acceptors (Lipinski definition) is 7. The molecule has 1 atom stereocenters. The van der Waals surface area contributed by atoms with Crippen LogP contribution in [0.15, 0.2) is 35.0 Å². The van der Waals surface area contributed by atoms with Crippen molar-refractivity contribution in [1.29, 1.82) is 0 Å². The molecule has 1 aliphatic carbocycles. The molecule has 1 aromatic rings. The predicted octanol–water partition coefficient (Wildman–Crippen LogP) is 0.482. The Balaban J connectivity index is 1.42. The molecule has 2 fully saturated rings. The molecule has 0 radical (unpaired) electrons. The lowest BCUT2D eigenvalue weighted by molar-refractivity contribution is -0.129. The van der Waals surface area contributed by atoms with E-state index in [1.54, 1.807) is 6.92 Å². The number of piperazine rings is 1. The molecular weight excluding hydrogens is 382 g/mol. The summed E-state index contributed by atoms with van der Waals surface area (Å²) in [7, 11) is 0. The van der Waals surface area contributed by atoms with E-state index in [0.717, 1.165) is 50.3 Å². The summed E-state index contributed by atoms with van der Waals surface area (Å²) in [4.78, 5) is 31.7. The van der Waals surface area contributed by atoms with Crippen molar-refractivity contribution in [2.75, 3.05) is 36.4 Å². The second-order valence-electron chi connectivity index (χ2n) is 8.06. The smallest absolute Gasteiger partial charge is 0.249 e. The van der Waals surface area contributed by atoms with Crippen LogP contribution in [0.25, 0.3) is 0 Å². The monoisotopic (exact) mass is 411 g/mol. The first-order valence-electron chi connectivity index (χ1n) is 10.4. The molecule has 9 nitrogen and oxygen atoms in total. The molecule has 160 valence electrons. The molecule has 4 rings (SSSR count). The molecule has 0 bridgehead atoms. The molecule has 5 N–H and O–H groups in total. The van der Waals surface area contributed by atoms with Gasteiger partial charge in [-0.15, -0.1) is 0 Å². The number of carbonyl (C=O) groups is 2. The Bertz CT molecular complexity index is 899. The van der Waals surface area contributed by atoms with Crippen molar-refractivity contribution in [3.05, 3.63) is 35.5 Å². The zero-order chi connectivity index (χ0) is 21.3. The minimum atomic E-state index is -0.478. The van der Waals surface area contributed by atoms with E-state index >= 15 is 0 Å². The first-order chi connectivity index (χ1) is 14.4. The van der Waals surface area contributed by atoms with E-state index in [9.17, 15) is 9.59 Å². The average Bonchev–Trinajstić information content (AvgIpc) is 3.52. The van der Waals surface area contributed by atoms with Gasteiger partial charge < -0.3 is 26.2 Å². The molecule has 2 aliphatic heterocycles. The van der Waals surface area contributed by atoms with Gasteiger partial charge in [0, 0.05) is 56.7 Å². The quantitative estimate of drug-likeness (QED) is 0.560. The minimum Gasteiger partial charge on any atom is -0.368 e. The zero-order valence-corrected chi connectivity index (χ0v) is 17.4. The summed E-state index contributed by atoms with van der Waals surface area (Å²) in [6.45, 7) is 6.86. The second kappa shape index (κ2) is 8.35. The molecular formula is C21H29N7O2. The number of primary amides is 1. The largest absolute Gasteiger partial charge is 0.368 e. The third-order valence-electron chi connectivity index (χ3n) is 5.71. The van der Waals surface area contributed by atoms with Crippen LogP contribution in [-0.2, 0) is 9.59 Å². The van der Waals surface area contributed by atoms with Crippen LogP contribution < -0.4 is 26.6 Å². The average molecular weight is 412 g/mol. The lowest BCUT2D eigenvalue weighted by atomic mass is 10.1. The highest BCUT2D eigenvalue weighted by atomic mass is 16.2. The summed E-state index contributed by atoms with van der Waals surface area (Å²) in [5, 5.41) is 9.90. The minimum absolute atomic E-state index is 0.134. The fraction of sp³-hybridized carbons (Fsp3) is 0.476. The maximum Gasteiger partial charge on any atom is 0.249 e. The van der Waals surface area contributed by atoms with E-state index < -0.39 is 5.91 Å². The van der Waals surface area contributed by atoms with Crippen molar-refractivity contribution in [2.45, 2.75) is 38.9 Å². The van der Waals surface area contributed by atoms with Crippen molar-refractivity contribution in [1.82, 2.24) is 15.5 Å². The first kappa shape index (κ1) is 20.2. The maximum atomic E-state index is 11.7. The van der Waals surface area contributed by atoms with Gasteiger partial charge in [-0.2, -0.15) is 0 Å². The molecule has 0 aromatic heterocycles. The van der Waals surface area contributed by atoms with E-state index in [-0.39, 0.29) is 12.1 Å². The second-order valence-corrected chi connectivity index (χ2v) is 8.06. The number of amides is 2. The normalized spacial score (nSPS) is 21.5. The number of nitrogens with zero attached hydrogens (tertiary/aromatic N) is 3. The van der Waals surface area contributed by atoms with Crippen LogP contribution >= 0.6 is 0 Å². The Hall–Kier alpha value is -3.07. The number of aliphatic imine (C=N–C) groups is 1. The number of benzene rings is 1. The van der Waals surface area contributed by atoms with Gasteiger partial charge in [0.05, 0.1) is 5.57 Å². The number of carbonyl (C=O) groups excluding carboxylic acids is 2. The Morgan fingerprint density at radius 1 is 1.20 bits per heavy atom. The predicted molar refractivity (Wildman–Crippen MR) is 117 cm³/mol. The third-order valence-corrected chi connectivity index (χ3v) is 5.71.